The highest BCUT2D eigenvalue weighted by Gasteiger charge is 2.26. The molecule has 122 valence electrons. The van der Waals surface area contributed by atoms with E-state index in [4.69, 9.17) is 4.52 Å². The van der Waals surface area contributed by atoms with Gasteiger partial charge in [-0.15, -0.1) is 0 Å². The Morgan fingerprint density at radius 3 is 2.55 bits per heavy atom. The lowest BCUT2D eigenvalue weighted by Crippen LogP contribution is -2.39. The molecule has 2 aliphatic rings. The summed E-state index contributed by atoms with van der Waals surface area (Å²) in [7, 11) is 0. The van der Waals surface area contributed by atoms with Gasteiger partial charge in [0, 0.05) is 32.9 Å². The smallest absolute Gasteiger partial charge is 0.223 e. The molecule has 1 aliphatic heterocycles. The van der Waals surface area contributed by atoms with Gasteiger partial charge < -0.3 is 9.42 Å². The Morgan fingerprint density at radius 1 is 1.18 bits per heavy atom. The minimum Gasteiger partial charge on any atom is -0.343 e. The van der Waals surface area contributed by atoms with Gasteiger partial charge in [0.05, 0.1) is 0 Å². The van der Waals surface area contributed by atoms with E-state index in [-0.39, 0.29) is 0 Å². The summed E-state index contributed by atoms with van der Waals surface area (Å²) in [5.41, 5.74) is 0. The van der Waals surface area contributed by atoms with Crippen molar-refractivity contribution in [3.63, 3.8) is 0 Å². The van der Waals surface area contributed by atoms with E-state index in [1.54, 1.807) is 0 Å². The molecule has 0 spiro atoms. The Hall–Kier alpha value is -1.39. The van der Waals surface area contributed by atoms with E-state index >= 15 is 0 Å². The van der Waals surface area contributed by atoms with E-state index in [9.17, 15) is 4.79 Å². The molecule has 1 saturated carbocycles. The molecule has 1 amide bonds. The summed E-state index contributed by atoms with van der Waals surface area (Å²) < 4.78 is 5.00. The first-order chi connectivity index (χ1) is 10.7. The third kappa shape index (κ3) is 4.08. The fourth-order valence-electron chi connectivity index (χ4n) is 3.84. The van der Waals surface area contributed by atoms with Crippen LogP contribution in [0.25, 0.3) is 0 Å². The summed E-state index contributed by atoms with van der Waals surface area (Å²) in [5, 5.41) is 3.95. The quantitative estimate of drug-likeness (QED) is 0.838. The standard InChI is InChI=1S/C17H27N3O2/c1-13-18-16(19-22-13)7-6-14-8-10-20(11-9-14)17(21)12-15-4-2-3-5-15/h14-15H,2-12H2,1H3. The number of hydrogen-bond acceptors (Lipinski definition) is 4. The molecule has 0 unspecified atom stereocenters. The van der Waals surface area contributed by atoms with Crippen LogP contribution in [0.2, 0.25) is 0 Å². The van der Waals surface area contributed by atoms with Crippen LogP contribution < -0.4 is 0 Å². The second-order valence-corrected chi connectivity index (χ2v) is 6.95. The maximum atomic E-state index is 12.3. The summed E-state index contributed by atoms with van der Waals surface area (Å²) in [6, 6.07) is 0. The maximum Gasteiger partial charge on any atom is 0.223 e. The molecule has 5 nitrogen and oxygen atoms in total. The number of nitrogens with zero attached hydrogens (tertiary/aromatic N) is 3. The number of carbonyl (C=O) groups is 1. The first kappa shape index (κ1) is 15.5. The molecule has 0 radical (unpaired) electrons. The highest BCUT2D eigenvalue weighted by molar-refractivity contribution is 5.76. The van der Waals surface area contributed by atoms with E-state index in [1.165, 1.54) is 25.7 Å². The Morgan fingerprint density at radius 2 is 1.91 bits per heavy atom. The van der Waals surface area contributed by atoms with Crippen molar-refractivity contribution in [2.45, 2.75) is 64.7 Å². The van der Waals surface area contributed by atoms with Crippen molar-refractivity contribution < 1.29 is 9.32 Å². The van der Waals surface area contributed by atoms with Crippen molar-refractivity contribution in [1.82, 2.24) is 15.0 Å². The van der Waals surface area contributed by atoms with Crippen LogP contribution in [0.5, 0.6) is 0 Å². The molecule has 0 aromatic carbocycles. The van der Waals surface area contributed by atoms with Gasteiger partial charge in [-0.2, -0.15) is 4.98 Å². The molecule has 2 fully saturated rings. The third-order valence-electron chi connectivity index (χ3n) is 5.25. The van der Waals surface area contributed by atoms with Crippen molar-refractivity contribution >= 4 is 5.91 Å². The number of piperidine rings is 1. The van der Waals surface area contributed by atoms with E-state index in [0.29, 0.717) is 23.6 Å². The minimum atomic E-state index is 0.388. The fourth-order valence-corrected chi connectivity index (χ4v) is 3.84. The minimum absolute atomic E-state index is 0.388. The summed E-state index contributed by atoms with van der Waals surface area (Å²) in [6.07, 6.45) is 10.2. The molecule has 2 heterocycles. The second kappa shape index (κ2) is 7.25. The molecule has 3 rings (SSSR count). The van der Waals surface area contributed by atoms with Crippen molar-refractivity contribution in [1.29, 1.82) is 0 Å². The van der Waals surface area contributed by atoms with Crippen molar-refractivity contribution in [3.8, 4) is 0 Å². The Kier molecular flexibility index (Phi) is 5.11. The van der Waals surface area contributed by atoms with Crippen LogP contribution in [-0.2, 0) is 11.2 Å². The number of amides is 1. The van der Waals surface area contributed by atoms with Gasteiger partial charge in [-0.3, -0.25) is 4.79 Å². The number of likely N-dealkylation sites (tertiary alicyclic amines) is 1. The van der Waals surface area contributed by atoms with Crippen LogP contribution in [0.4, 0.5) is 0 Å². The molecule has 22 heavy (non-hydrogen) atoms. The van der Waals surface area contributed by atoms with E-state index in [0.717, 1.165) is 51.0 Å². The number of rotatable bonds is 5. The van der Waals surface area contributed by atoms with Crippen molar-refractivity contribution in [3.05, 3.63) is 11.7 Å². The van der Waals surface area contributed by atoms with E-state index in [2.05, 4.69) is 15.0 Å². The SMILES string of the molecule is Cc1nc(CCC2CCN(C(=O)CC3CCCC3)CC2)no1. The largest absolute Gasteiger partial charge is 0.343 e. The Bertz CT molecular complexity index is 486. The number of carbonyl (C=O) groups excluding carboxylic acids is 1. The highest BCUT2D eigenvalue weighted by Crippen LogP contribution is 2.29. The van der Waals surface area contributed by atoms with Crippen LogP contribution in [-0.4, -0.2) is 34.0 Å². The van der Waals surface area contributed by atoms with Gasteiger partial charge in [-0.25, -0.2) is 0 Å². The molecule has 1 aromatic heterocycles. The van der Waals surface area contributed by atoms with Gasteiger partial charge in [0.2, 0.25) is 11.8 Å². The number of hydrogen-bond donors (Lipinski definition) is 0. The Balaban J connectivity index is 1.37. The van der Waals surface area contributed by atoms with Gasteiger partial charge in [0.1, 0.15) is 0 Å². The average molecular weight is 305 g/mol. The zero-order valence-electron chi connectivity index (χ0n) is 13.6. The zero-order chi connectivity index (χ0) is 15.4. The van der Waals surface area contributed by atoms with E-state index < -0.39 is 0 Å². The van der Waals surface area contributed by atoms with Gasteiger partial charge in [0.15, 0.2) is 5.82 Å². The molecule has 0 N–H and O–H groups in total. The predicted octanol–water partition coefficient (Wildman–Crippen LogP) is 3.13. The topological polar surface area (TPSA) is 59.2 Å². The monoisotopic (exact) mass is 305 g/mol. The molecule has 5 heteroatoms. The molecular formula is C17H27N3O2. The molecule has 1 aromatic rings. The highest BCUT2D eigenvalue weighted by atomic mass is 16.5. The van der Waals surface area contributed by atoms with E-state index in [1.807, 2.05) is 6.92 Å². The zero-order valence-corrected chi connectivity index (χ0v) is 13.6. The molecule has 0 bridgehead atoms. The number of aromatic nitrogens is 2. The first-order valence-electron chi connectivity index (χ1n) is 8.77. The Labute approximate surface area is 132 Å². The summed E-state index contributed by atoms with van der Waals surface area (Å²) >= 11 is 0. The summed E-state index contributed by atoms with van der Waals surface area (Å²) in [5.74, 6) is 3.19. The fraction of sp³-hybridized carbons (Fsp3) is 0.824. The average Bonchev–Trinajstić information content (AvgIpc) is 3.17. The van der Waals surface area contributed by atoms with Crippen LogP contribution in [0.1, 0.15) is 63.1 Å². The van der Waals surface area contributed by atoms with Gasteiger partial charge in [-0.1, -0.05) is 18.0 Å². The van der Waals surface area contributed by atoms with Crippen LogP contribution >= 0.6 is 0 Å². The van der Waals surface area contributed by atoms with Gasteiger partial charge in [0.25, 0.3) is 0 Å². The van der Waals surface area contributed by atoms with Crippen LogP contribution in [0, 0.1) is 18.8 Å². The second-order valence-electron chi connectivity index (χ2n) is 6.95. The van der Waals surface area contributed by atoms with Gasteiger partial charge in [-0.05, 0) is 43.9 Å². The third-order valence-corrected chi connectivity index (χ3v) is 5.25. The lowest BCUT2D eigenvalue weighted by molar-refractivity contribution is -0.133. The van der Waals surface area contributed by atoms with Crippen molar-refractivity contribution in [2.24, 2.45) is 11.8 Å². The van der Waals surface area contributed by atoms with Crippen LogP contribution in [0.3, 0.4) is 0 Å². The van der Waals surface area contributed by atoms with Gasteiger partial charge >= 0.3 is 0 Å². The molecule has 0 atom stereocenters. The normalized spacial score (nSPS) is 20.7. The maximum absolute atomic E-state index is 12.3. The summed E-state index contributed by atoms with van der Waals surface area (Å²) in [4.78, 5) is 18.7. The lowest BCUT2D eigenvalue weighted by Gasteiger charge is -2.32. The summed E-state index contributed by atoms with van der Waals surface area (Å²) in [6.45, 7) is 3.69. The van der Waals surface area contributed by atoms with Crippen LogP contribution in [0.15, 0.2) is 4.52 Å². The first-order valence-corrected chi connectivity index (χ1v) is 8.77. The molecule has 1 aliphatic carbocycles. The number of aryl methyl sites for hydroxylation is 2. The molecule has 1 saturated heterocycles. The lowest BCUT2D eigenvalue weighted by atomic mass is 9.91. The van der Waals surface area contributed by atoms with Crippen molar-refractivity contribution in [2.75, 3.05) is 13.1 Å². The molecular weight excluding hydrogens is 278 g/mol. The predicted molar refractivity (Wildman–Crippen MR) is 83.2 cm³/mol.